The molecular weight excluding hydrogens is 258 g/mol. The normalized spacial score (nSPS) is 14.1. The number of imide groups is 1. The van der Waals surface area contributed by atoms with E-state index in [1.54, 1.807) is 23.5 Å². The highest BCUT2D eigenvalue weighted by molar-refractivity contribution is 7.98. The summed E-state index contributed by atoms with van der Waals surface area (Å²) in [6.45, 7) is 0. The number of carbonyl (C=O) groups is 2. The molecule has 0 bridgehead atoms. The van der Waals surface area contributed by atoms with E-state index in [1.165, 1.54) is 0 Å². The second-order valence-electron chi connectivity index (χ2n) is 3.63. The SMILES string of the molecule is CSCC[C@H](N)C(=O)NC(=O)[C@@H](N)CCSC. The summed E-state index contributed by atoms with van der Waals surface area (Å²) in [6.07, 6.45) is 4.99. The van der Waals surface area contributed by atoms with Crippen LogP contribution in [0.25, 0.3) is 0 Å². The van der Waals surface area contributed by atoms with Crippen LogP contribution in [-0.2, 0) is 9.59 Å². The quantitative estimate of drug-likeness (QED) is 0.569. The molecule has 0 aromatic carbocycles. The van der Waals surface area contributed by atoms with Gasteiger partial charge in [-0.2, -0.15) is 23.5 Å². The van der Waals surface area contributed by atoms with Crippen LogP contribution in [0.4, 0.5) is 0 Å². The molecule has 5 N–H and O–H groups in total. The Morgan fingerprint density at radius 3 is 1.65 bits per heavy atom. The number of rotatable bonds is 8. The number of hydrogen-bond acceptors (Lipinski definition) is 6. The maximum Gasteiger partial charge on any atom is 0.243 e. The fraction of sp³-hybridized carbons (Fsp3) is 0.800. The molecule has 7 heteroatoms. The summed E-state index contributed by atoms with van der Waals surface area (Å²) in [5, 5.41) is 2.25. The van der Waals surface area contributed by atoms with Crippen molar-refractivity contribution in [3.05, 3.63) is 0 Å². The summed E-state index contributed by atoms with van der Waals surface area (Å²) in [4.78, 5) is 23.0. The Kier molecular flexibility index (Phi) is 9.62. The fourth-order valence-electron chi connectivity index (χ4n) is 1.06. The predicted octanol–water partition coefficient (Wildman–Crippen LogP) is -0.210. The molecule has 100 valence electrons. The molecule has 0 heterocycles. The number of nitrogens with two attached hydrogens (primary N) is 2. The van der Waals surface area contributed by atoms with E-state index in [9.17, 15) is 9.59 Å². The van der Waals surface area contributed by atoms with Crippen molar-refractivity contribution in [2.75, 3.05) is 24.0 Å². The molecule has 0 radical (unpaired) electrons. The molecule has 2 amide bonds. The molecular formula is C10H21N3O2S2. The molecule has 0 aliphatic rings. The van der Waals surface area contributed by atoms with Gasteiger partial charge in [0.25, 0.3) is 0 Å². The molecule has 0 fully saturated rings. The third kappa shape index (κ3) is 7.64. The van der Waals surface area contributed by atoms with E-state index in [2.05, 4.69) is 5.32 Å². The third-order valence-corrected chi connectivity index (χ3v) is 3.47. The second kappa shape index (κ2) is 9.76. The zero-order valence-corrected chi connectivity index (χ0v) is 11.9. The van der Waals surface area contributed by atoms with Crippen LogP contribution in [0.2, 0.25) is 0 Å². The van der Waals surface area contributed by atoms with Crippen LogP contribution < -0.4 is 16.8 Å². The van der Waals surface area contributed by atoms with Gasteiger partial charge in [-0.05, 0) is 36.9 Å². The van der Waals surface area contributed by atoms with Gasteiger partial charge in [-0.15, -0.1) is 0 Å². The van der Waals surface area contributed by atoms with Crippen molar-refractivity contribution in [3.8, 4) is 0 Å². The molecule has 0 saturated carbocycles. The first-order chi connectivity index (χ1) is 8.02. The summed E-state index contributed by atoms with van der Waals surface area (Å²) >= 11 is 3.22. The largest absolute Gasteiger partial charge is 0.320 e. The van der Waals surface area contributed by atoms with Gasteiger partial charge in [0.15, 0.2) is 0 Å². The molecule has 2 atom stereocenters. The Labute approximate surface area is 111 Å². The van der Waals surface area contributed by atoms with Gasteiger partial charge in [0.05, 0.1) is 12.1 Å². The van der Waals surface area contributed by atoms with Crippen molar-refractivity contribution in [2.45, 2.75) is 24.9 Å². The number of thioether (sulfide) groups is 2. The van der Waals surface area contributed by atoms with Crippen LogP contribution in [0.5, 0.6) is 0 Å². The van der Waals surface area contributed by atoms with Crippen molar-refractivity contribution in [3.63, 3.8) is 0 Å². The van der Waals surface area contributed by atoms with Crippen molar-refractivity contribution in [1.82, 2.24) is 5.32 Å². The van der Waals surface area contributed by atoms with Gasteiger partial charge in [-0.25, -0.2) is 0 Å². The van der Waals surface area contributed by atoms with Gasteiger partial charge < -0.3 is 11.5 Å². The molecule has 0 aromatic rings. The van der Waals surface area contributed by atoms with Crippen LogP contribution in [0.1, 0.15) is 12.8 Å². The lowest BCUT2D eigenvalue weighted by Crippen LogP contribution is -2.49. The smallest absolute Gasteiger partial charge is 0.243 e. The molecule has 0 saturated heterocycles. The molecule has 17 heavy (non-hydrogen) atoms. The van der Waals surface area contributed by atoms with Crippen LogP contribution in [0.15, 0.2) is 0 Å². The maximum absolute atomic E-state index is 11.5. The lowest BCUT2D eigenvalue weighted by atomic mass is 10.2. The average Bonchev–Trinajstić information content (AvgIpc) is 2.32. The second-order valence-corrected chi connectivity index (χ2v) is 5.60. The zero-order chi connectivity index (χ0) is 13.3. The minimum atomic E-state index is -0.640. The van der Waals surface area contributed by atoms with Crippen molar-refractivity contribution >= 4 is 35.3 Å². The number of amides is 2. The van der Waals surface area contributed by atoms with Gasteiger partial charge in [0.1, 0.15) is 0 Å². The highest BCUT2D eigenvalue weighted by Crippen LogP contribution is 2.00. The average molecular weight is 279 g/mol. The summed E-state index contributed by atoms with van der Waals surface area (Å²) in [5.41, 5.74) is 11.3. The van der Waals surface area contributed by atoms with Crippen molar-refractivity contribution in [2.24, 2.45) is 11.5 Å². The van der Waals surface area contributed by atoms with Crippen molar-refractivity contribution in [1.29, 1.82) is 0 Å². The van der Waals surface area contributed by atoms with E-state index >= 15 is 0 Å². The molecule has 5 nitrogen and oxygen atoms in total. The Balaban J connectivity index is 3.97. The van der Waals surface area contributed by atoms with Crippen LogP contribution >= 0.6 is 23.5 Å². The van der Waals surface area contributed by atoms with E-state index < -0.39 is 23.9 Å². The van der Waals surface area contributed by atoms with Crippen LogP contribution in [0, 0.1) is 0 Å². The highest BCUT2D eigenvalue weighted by Gasteiger charge is 2.19. The zero-order valence-electron chi connectivity index (χ0n) is 10.3. The van der Waals surface area contributed by atoms with E-state index in [4.69, 9.17) is 11.5 Å². The van der Waals surface area contributed by atoms with Gasteiger partial charge in [0, 0.05) is 0 Å². The first kappa shape index (κ1) is 16.8. The fourth-order valence-corrected chi connectivity index (χ4v) is 2.04. The van der Waals surface area contributed by atoms with Gasteiger partial charge in [-0.1, -0.05) is 0 Å². The molecule has 0 aliphatic carbocycles. The Morgan fingerprint density at radius 2 is 1.35 bits per heavy atom. The third-order valence-electron chi connectivity index (χ3n) is 2.19. The minimum Gasteiger partial charge on any atom is -0.320 e. The maximum atomic E-state index is 11.5. The molecule has 0 aliphatic heterocycles. The summed E-state index contributed by atoms with van der Waals surface area (Å²) < 4.78 is 0. The van der Waals surface area contributed by atoms with E-state index in [0.29, 0.717) is 12.8 Å². The Hall–Kier alpha value is -0.240. The first-order valence-corrected chi connectivity index (χ1v) is 8.15. The standard InChI is InChI=1S/C10H21N3O2S2/c1-16-5-3-7(11)9(14)13-10(15)8(12)4-6-17-2/h7-8H,3-6,11-12H2,1-2H3,(H,13,14,15)/t7-,8-/m0/s1. The van der Waals surface area contributed by atoms with Crippen molar-refractivity contribution < 1.29 is 9.59 Å². The van der Waals surface area contributed by atoms with E-state index in [0.717, 1.165) is 11.5 Å². The van der Waals surface area contributed by atoms with Gasteiger partial charge >= 0.3 is 0 Å². The van der Waals surface area contributed by atoms with E-state index in [1.807, 2.05) is 12.5 Å². The Morgan fingerprint density at radius 1 is 1.00 bits per heavy atom. The molecule has 0 spiro atoms. The highest BCUT2D eigenvalue weighted by atomic mass is 32.2. The summed E-state index contributed by atoms with van der Waals surface area (Å²) in [7, 11) is 0. The minimum absolute atomic E-state index is 0.441. The predicted molar refractivity (Wildman–Crippen MR) is 75.1 cm³/mol. The van der Waals surface area contributed by atoms with Gasteiger partial charge in [-0.3, -0.25) is 14.9 Å². The van der Waals surface area contributed by atoms with E-state index in [-0.39, 0.29) is 0 Å². The van der Waals surface area contributed by atoms with Crippen LogP contribution in [0.3, 0.4) is 0 Å². The number of carbonyl (C=O) groups excluding carboxylic acids is 2. The van der Waals surface area contributed by atoms with Gasteiger partial charge in [0.2, 0.25) is 11.8 Å². The summed E-state index contributed by atoms with van der Waals surface area (Å²) in [6, 6.07) is -1.28. The molecule has 0 aromatic heterocycles. The lowest BCUT2D eigenvalue weighted by molar-refractivity contribution is -0.131. The lowest BCUT2D eigenvalue weighted by Gasteiger charge is -2.14. The number of hydrogen-bond donors (Lipinski definition) is 3. The topological polar surface area (TPSA) is 98.2 Å². The molecule has 0 rings (SSSR count). The monoisotopic (exact) mass is 279 g/mol. The number of nitrogens with one attached hydrogen (secondary N) is 1. The summed E-state index contributed by atoms with van der Waals surface area (Å²) in [5.74, 6) is 0.704. The molecule has 0 unspecified atom stereocenters. The van der Waals surface area contributed by atoms with Crippen LogP contribution in [-0.4, -0.2) is 47.9 Å². The first-order valence-electron chi connectivity index (χ1n) is 5.36. The Bertz CT molecular complexity index is 228.